The van der Waals surface area contributed by atoms with Gasteiger partial charge in [-0.15, -0.1) is 0 Å². The van der Waals surface area contributed by atoms with Crippen LogP contribution in [0.1, 0.15) is 29.3 Å². The Bertz CT molecular complexity index is 423. The Hall–Kier alpha value is -0.970. The first-order valence-electron chi connectivity index (χ1n) is 5.33. The fourth-order valence-corrected chi connectivity index (χ4v) is 1.44. The summed E-state index contributed by atoms with van der Waals surface area (Å²) in [6.45, 7) is 3.87. The molecule has 0 fully saturated rings. The molecule has 1 aromatic carbocycles. The van der Waals surface area contributed by atoms with Crippen molar-refractivity contribution in [2.45, 2.75) is 25.1 Å². The average molecular weight is 306 g/mol. The van der Waals surface area contributed by atoms with Crippen LogP contribution in [-0.4, -0.2) is 17.3 Å². The summed E-state index contributed by atoms with van der Waals surface area (Å²) in [4.78, 5) is 11.8. The summed E-state index contributed by atoms with van der Waals surface area (Å²) in [5.41, 5.74) is 0.127. The zero-order valence-electron chi connectivity index (χ0n) is 9.69. The summed E-state index contributed by atoms with van der Waals surface area (Å²) in [6, 6.07) is 1.95. The molecule has 0 aliphatic rings. The van der Waals surface area contributed by atoms with Gasteiger partial charge in [0.05, 0.1) is 5.56 Å². The minimum Gasteiger partial charge on any atom is -0.351 e. The van der Waals surface area contributed by atoms with Crippen LogP contribution in [0.4, 0.5) is 8.78 Å². The second-order valence-electron chi connectivity index (χ2n) is 3.80. The molecule has 0 spiro atoms. The van der Waals surface area contributed by atoms with Gasteiger partial charge in [-0.25, -0.2) is 8.78 Å². The minimum absolute atomic E-state index is 0.125. The number of nitrogens with one attached hydrogen (secondary N) is 1. The maximum atomic E-state index is 13.4. The predicted molar refractivity (Wildman–Crippen MR) is 66.4 cm³/mol. The Morgan fingerprint density at radius 3 is 2.65 bits per heavy atom. The van der Waals surface area contributed by atoms with E-state index in [0.29, 0.717) is 6.54 Å². The minimum atomic E-state index is -0.840. The van der Waals surface area contributed by atoms with Crippen molar-refractivity contribution in [2.75, 3.05) is 6.54 Å². The number of benzene rings is 1. The van der Waals surface area contributed by atoms with Crippen LogP contribution in [0.25, 0.3) is 0 Å². The van der Waals surface area contributed by atoms with Gasteiger partial charge >= 0.3 is 0 Å². The maximum Gasteiger partial charge on any atom is 0.254 e. The third-order valence-electron chi connectivity index (χ3n) is 2.42. The number of carbonyl (C=O) groups is 1. The van der Waals surface area contributed by atoms with Crippen LogP contribution in [-0.2, 0) is 0 Å². The van der Waals surface area contributed by atoms with E-state index in [4.69, 9.17) is 0 Å². The highest BCUT2D eigenvalue weighted by Crippen LogP contribution is 2.14. The molecule has 1 N–H and O–H groups in total. The molecule has 0 bridgehead atoms. The number of hydrogen-bond donors (Lipinski definition) is 1. The number of rotatable bonds is 4. The molecule has 0 saturated heterocycles. The zero-order chi connectivity index (χ0) is 13.0. The predicted octanol–water partition coefficient (Wildman–Crippen LogP) is 3.18. The number of carbonyl (C=O) groups excluding carboxylic acids is 1. The Labute approximate surface area is 108 Å². The van der Waals surface area contributed by atoms with Crippen molar-refractivity contribution in [2.24, 2.45) is 0 Å². The SMILES string of the molecule is CCC(Br)CNC(=O)c1cc(C)c(F)cc1F. The highest BCUT2D eigenvalue weighted by Gasteiger charge is 2.14. The van der Waals surface area contributed by atoms with Gasteiger partial charge in [-0.05, 0) is 25.0 Å². The topological polar surface area (TPSA) is 29.1 Å². The van der Waals surface area contributed by atoms with Gasteiger partial charge < -0.3 is 5.32 Å². The van der Waals surface area contributed by atoms with Crippen molar-refractivity contribution < 1.29 is 13.6 Å². The third kappa shape index (κ3) is 3.77. The third-order valence-corrected chi connectivity index (χ3v) is 3.39. The molecular weight excluding hydrogens is 292 g/mol. The molecule has 1 atom stereocenters. The van der Waals surface area contributed by atoms with Crippen LogP contribution < -0.4 is 5.32 Å². The number of halogens is 3. The van der Waals surface area contributed by atoms with Crippen molar-refractivity contribution in [1.82, 2.24) is 5.32 Å². The lowest BCUT2D eigenvalue weighted by Gasteiger charge is -2.10. The lowest BCUT2D eigenvalue weighted by molar-refractivity contribution is 0.0949. The molecule has 1 amide bonds. The first-order chi connectivity index (χ1) is 7.95. The van der Waals surface area contributed by atoms with Crippen molar-refractivity contribution >= 4 is 21.8 Å². The second kappa shape index (κ2) is 6.10. The standard InChI is InChI=1S/C12H14BrF2NO/c1-3-8(13)6-16-12(17)9-4-7(2)10(14)5-11(9)15/h4-5,8H,3,6H2,1-2H3,(H,16,17). The number of alkyl halides is 1. The Balaban J connectivity index is 2.79. The van der Waals surface area contributed by atoms with E-state index in [1.54, 1.807) is 0 Å². The van der Waals surface area contributed by atoms with Gasteiger partial charge in [0, 0.05) is 17.4 Å². The Morgan fingerprint density at radius 2 is 2.06 bits per heavy atom. The summed E-state index contributed by atoms with van der Waals surface area (Å²) in [5, 5.41) is 2.59. The van der Waals surface area contributed by atoms with E-state index in [-0.39, 0.29) is 16.0 Å². The lowest BCUT2D eigenvalue weighted by Crippen LogP contribution is -2.30. The number of hydrogen-bond acceptors (Lipinski definition) is 1. The Kier molecular flexibility index (Phi) is 5.05. The van der Waals surface area contributed by atoms with Gasteiger partial charge in [0.2, 0.25) is 0 Å². The molecule has 0 aromatic heterocycles. The molecule has 0 aliphatic heterocycles. The van der Waals surface area contributed by atoms with E-state index < -0.39 is 17.5 Å². The highest BCUT2D eigenvalue weighted by atomic mass is 79.9. The van der Waals surface area contributed by atoms with Crippen molar-refractivity contribution in [3.8, 4) is 0 Å². The van der Waals surface area contributed by atoms with Gasteiger partial charge in [-0.1, -0.05) is 22.9 Å². The molecule has 17 heavy (non-hydrogen) atoms. The molecule has 5 heteroatoms. The summed E-state index contributed by atoms with van der Waals surface area (Å²) in [7, 11) is 0. The normalized spacial score (nSPS) is 12.3. The molecular formula is C12H14BrF2NO. The van der Waals surface area contributed by atoms with Crippen LogP contribution in [0, 0.1) is 18.6 Å². The van der Waals surface area contributed by atoms with Gasteiger partial charge in [0.1, 0.15) is 11.6 Å². The van der Waals surface area contributed by atoms with E-state index >= 15 is 0 Å². The fraction of sp³-hybridized carbons (Fsp3) is 0.417. The van der Waals surface area contributed by atoms with Gasteiger partial charge in [-0.3, -0.25) is 4.79 Å². The molecule has 94 valence electrons. The molecule has 0 saturated carbocycles. The molecule has 0 aliphatic carbocycles. The van der Waals surface area contributed by atoms with Gasteiger partial charge in [0.15, 0.2) is 0 Å². The lowest BCUT2D eigenvalue weighted by atomic mass is 10.1. The molecule has 0 heterocycles. The number of amides is 1. The van der Waals surface area contributed by atoms with E-state index in [1.165, 1.54) is 13.0 Å². The van der Waals surface area contributed by atoms with Gasteiger partial charge in [0.25, 0.3) is 5.91 Å². The first-order valence-corrected chi connectivity index (χ1v) is 6.25. The first kappa shape index (κ1) is 14.1. The maximum absolute atomic E-state index is 13.4. The van der Waals surface area contributed by atoms with Crippen LogP contribution in [0.2, 0.25) is 0 Å². The van der Waals surface area contributed by atoms with E-state index in [2.05, 4.69) is 21.2 Å². The molecule has 1 rings (SSSR count). The quantitative estimate of drug-likeness (QED) is 0.851. The van der Waals surface area contributed by atoms with Crippen LogP contribution in [0.5, 0.6) is 0 Å². The van der Waals surface area contributed by atoms with Crippen LogP contribution >= 0.6 is 15.9 Å². The molecule has 0 radical (unpaired) electrons. The number of aryl methyl sites for hydroxylation is 1. The molecule has 2 nitrogen and oxygen atoms in total. The summed E-state index contributed by atoms with van der Waals surface area (Å²) < 4.78 is 26.4. The highest BCUT2D eigenvalue weighted by molar-refractivity contribution is 9.09. The van der Waals surface area contributed by atoms with E-state index in [9.17, 15) is 13.6 Å². The average Bonchev–Trinajstić information content (AvgIpc) is 2.30. The van der Waals surface area contributed by atoms with Crippen LogP contribution in [0.15, 0.2) is 12.1 Å². The second-order valence-corrected chi connectivity index (χ2v) is 5.09. The molecule has 1 aromatic rings. The summed E-state index contributed by atoms with van der Waals surface area (Å²) in [6.07, 6.45) is 0.852. The van der Waals surface area contributed by atoms with E-state index in [1.807, 2.05) is 6.92 Å². The summed E-state index contributed by atoms with van der Waals surface area (Å²) in [5.74, 6) is -2.01. The monoisotopic (exact) mass is 305 g/mol. The van der Waals surface area contributed by atoms with E-state index in [0.717, 1.165) is 12.5 Å². The Morgan fingerprint density at radius 1 is 1.41 bits per heavy atom. The fourth-order valence-electron chi connectivity index (χ4n) is 1.27. The zero-order valence-corrected chi connectivity index (χ0v) is 11.3. The van der Waals surface area contributed by atoms with Crippen molar-refractivity contribution in [3.05, 3.63) is 34.9 Å². The van der Waals surface area contributed by atoms with Gasteiger partial charge in [-0.2, -0.15) is 0 Å². The smallest absolute Gasteiger partial charge is 0.254 e. The van der Waals surface area contributed by atoms with Crippen LogP contribution in [0.3, 0.4) is 0 Å². The van der Waals surface area contributed by atoms with Crippen molar-refractivity contribution in [3.63, 3.8) is 0 Å². The van der Waals surface area contributed by atoms with Crippen molar-refractivity contribution in [1.29, 1.82) is 0 Å². The summed E-state index contributed by atoms with van der Waals surface area (Å²) >= 11 is 3.35. The largest absolute Gasteiger partial charge is 0.351 e. The molecule has 1 unspecified atom stereocenters.